The summed E-state index contributed by atoms with van der Waals surface area (Å²) in [5.41, 5.74) is 1.63. The monoisotopic (exact) mass is 385 g/mol. The van der Waals surface area contributed by atoms with E-state index in [-0.39, 0.29) is 5.91 Å². The van der Waals surface area contributed by atoms with Gasteiger partial charge in [-0.2, -0.15) is 5.10 Å². The van der Waals surface area contributed by atoms with E-state index in [1.165, 1.54) is 0 Å². The van der Waals surface area contributed by atoms with Crippen LogP contribution in [0.2, 0.25) is 0 Å². The first-order valence-corrected chi connectivity index (χ1v) is 7.25. The minimum absolute atomic E-state index is 0.0191. The highest BCUT2D eigenvalue weighted by atomic mass is 79.9. The molecular formula is C13H13Br2N3O. The zero-order valence-corrected chi connectivity index (χ0v) is 13.8. The average Bonchev–Trinajstić information content (AvgIpc) is 2.69. The summed E-state index contributed by atoms with van der Waals surface area (Å²) in [6.07, 6.45) is 1.73. The molecule has 0 aliphatic rings. The number of aromatic nitrogens is 2. The Labute approximate surface area is 128 Å². The first kappa shape index (κ1) is 14.3. The second-order valence-electron chi connectivity index (χ2n) is 4.23. The quantitative estimate of drug-likeness (QED) is 0.812. The van der Waals surface area contributed by atoms with Gasteiger partial charge in [0.05, 0.1) is 22.9 Å². The molecule has 1 amide bonds. The highest BCUT2D eigenvalue weighted by Gasteiger charge is 2.15. The number of carbonyl (C=O) groups excluding carboxylic acids is 1. The minimum atomic E-state index is -0.0191. The molecule has 2 aromatic rings. The van der Waals surface area contributed by atoms with Crippen LogP contribution in [0.1, 0.15) is 16.1 Å². The third-order valence-electron chi connectivity index (χ3n) is 2.82. The normalized spacial score (nSPS) is 10.5. The lowest BCUT2D eigenvalue weighted by molar-refractivity contribution is 0.0781. The van der Waals surface area contributed by atoms with E-state index in [9.17, 15) is 4.79 Å². The van der Waals surface area contributed by atoms with Crippen molar-refractivity contribution in [2.24, 2.45) is 7.05 Å². The van der Waals surface area contributed by atoms with Crippen LogP contribution in [0.4, 0.5) is 0 Å². The molecule has 1 aromatic carbocycles. The fraction of sp³-hybridized carbons (Fsp3) is 0.231. The summed E-state index contributed by atoms with van der Waals surface area (Å²) in [4.78, 5) is 14.0. The average molecular weight is 387 g/mol. The smallest absolute Gasteiger partial charge is 0.253 e. The predicted molar refractivity (Wildman–Crippen MR) is 80.8 cm³/mol. The van der Waals surface area contributed by atoms with Gasteiger partial charge in [0.2, 0.25) is 0 Å². The second kappa shape index (κ2) is 5.88. The number of hydrogen-bond donors (Lipinski definition) is 0. The molecule has 0 unspecified atom stereocenters. The van der Waals surface area contributed by atoms with Crippen LogP contribution in [0, 0.1) is 0 Å². The molecule has 0 radical (unpaired) electrons. The Morgan fingerprint density at radius 3 is 2.74 bits per heavy atom. The Morgan fingerprint density at radius 1 is 1.42 bits per heavy atom. The number of rotatable bonds is 3. The SMILES string of the molecule is CN(Cc1c(Br)cnn1C)C(=O)c1cccc(Br)c1. The molecule has 100 valence electrons. The van der Waals surface area contributed by atoms with Gasteiger partial charge in [0.15, 0.2) is 0 Å². The van der Waals surface area contributed by atoms with Crippen LogP contribution in [0.25, 0.3) is 0 Å². The fourth-order valence-corrected chi connectivity index (χ4v) is 2.63. The number of amides is 1. The molecule has 0 saturated carbocycles. The molecule has 1 aromatic heterocycles. The van der Waals surface area contributed by atoms with Crippen LogP contribution in [-0.4, -0.2) is 27.6 Å². The Morgan fingerprint density at radius 2 is 2.16 bits per heavy atom. The van der Waals surface area contributed by atoms with Gasteiger partial charge in [0, 0.05) is 24.1 Å². The van der Waals surface area contributed by atoms with Crippen LogP contribution in [-0.2, 0) is 13.6 Å². The highest BCUT2D eigenvalue weighted by molar-refractivity contribution is 9.10. The topological polar surface area (TPSA) is 38.1 Å². The number of benzene rings is 1. The van der Waals surface area contributed by atoms with Gasteiger partial charge in [-0.3, -0.25) is 9.48 Å². The molecule has 0 aliphatic heterocycles. The van der Waals surface area contributed by atoms with Crippen molar-refractivity contribution < 1.29 is 4.79 Å². The molecule has 0 saturated heterocycles. The van der Waals surface area contributed by atoms with Crippen molar-refractivity contribution in [2.75, 3.05) is 7.05 Å². The van der Waals surface area contributed by atoms with Crippen molar-refractivity contribution in [2.45, 2.75) is 6.54 Å². The first-order valence-electron chi connectivity index (χ1n) is 5.66. The Kier molecular flexibility index (Phi) is 4.42. The second-order valence-corrected chi connectivity index (χ2v) is 6.00. The highest BCUT2D eigenvalue weighted by Crippen LogP contribution is 2.18. The van der Waals surface area contributed by atoms with Gasteiger partial charge in [-0.1, -0.05) is 22.0 Å². The Balaban J connectivity index is 2.16. The van der Waals surface area contributed by atoms with Crippen molar-refractivity contribution in [3.8, 4) is 0 Å². The van der Waals surface area contributed by atoms with Gasteiger partial charge in [-0.25, -0.2) is 0 Å². The standard InChI is InChI=1S/C13H13Br2N3O/c1-17(8-12-11(15)7-16-18(12)2)13(19)9-4-3-5-10(14)6-9/h3-7H,8H2,1-2H3. The summed E-state index contributed by atoms with van der Waals surface area (Å²) in [5, 5.41) is 4.14. The van der Waals surface area contributed by atoms with E-state index in [1.54, 1.807) is 22.8 Å². The van der Waals surface area contributed by atoms with Gasteiger partial charge in [0.1, 0.15) is 0 Å². The van der Waals surface area contributed by atoms with Crippen molar-refractivity contribution in [1.82, 2.24) is 14.7 Å². The van der Waals surface area contributed by atoms with Crippen molar-refractivity contribution in [3.05, 3.63) is 50.7 Å². The number of carbonyl (C=O) groups is 1. The lowest BCUT2D eigenvalue weighted by Crippen LogP contribution is -2.27. The van der Waals surface area contributed by atoms with Crippen LogP contribution >= 0.6 is 31.9 Å². The van der Waals surface area contributed by atoms with E-state index in [0.29, 0.717) is 12.1 Å². The van der Waals surface area contributed by atoms with E-state index in [4.69, 9.17) is 0 Å². The van der Waals surface area contributed by atoms with Gasteiger partial charge >= 0.3 is 0 Å². The van der Waals surface area contributed by atoms with E-state index in [0.717, 1.165) is 14.6 Å². The molecule has 6 heteroatoms. The van der Waals surface area contributed by atoms with E-state index >= 15 is 0 Å². The van der Waals surface area contributed by atoms with Crippen LogP contribution in [0.3, 0.4) is 0 Å². The summed E-state index contributed by atoms with van der Waals surface area (Å²) in [6.45, 7) is 0.502. The summed E-state index contributed by atoms with van der Waals surface area (Å²) in [7, 11) is 3.64. The van der Waals surface area contributed by atoms with Gasteiger partial charge in [0.25, 0.3) is 5.91 Å². The third-order valence-corrected chi connectivity index (χ3v) is 3.97. The lowest BCUT2D eigenvalue weighted by Gasteiger charge is -2.17. The van der Waals surface area contributed by atoms with E-state index in [1.807, 2.05) is 31.3 Å². The van der Waals surface area contributed by atoms with Crippen molar-refractivity contribution >= 4 is 37.8 Å². The Bertz CT molecular complexity index is 590. The molecular weight excluding hydrogens is 374 g/mol. The molecule has 0 bridgehead atoms. The maximum Gasteiger partial charge on any atom is 0.253 e. The van der Waals surface area contributed by atoms with Crippen LogP contribution in [0.15, 0.2) is 39.4 Å². The molecule has 0 spiro atoms. The summed E-state index contributed by atoms with van der Waals surface area (Å²) < 4.78 is 3.56. The summed E-state index contributed by atoms with van der Waals surface area (Å²) in [5.74, 6) is -0.0191. The lowest BCUT2D eigenvalue weighted by atomic mass is 10.2. The first-order chi connectivity index (χ1) is 8.99. The summed E-state index contributed by atoms with van der Waals surface area (Å²) >= 11 is 6.80. The largest absolute Gasteiger partial charge is 0.336 e. The molecule has 0 N–H and O–H groups in total. The van der Waals surface area contributed by atoms with Crippen molar-refractivity contribution in [1.29, 1.82) is 0 Å². The van der Waals surface area contributed by atoms with Crippen LogP contribution in [0.5, 0.6) is 0 Å². The number of aryl methyl sites for hydroxylation is 1. The molecule has 4 nitrogen and oxygen atoms in total. The number of nitrogens with zero attached hydrogens (tertiary/aromatic N) is 3. The van der Waals surface area contributed by atoms with Crippen LogP contribution < -0.4 is 0 Å². The Hall–Kier alpha value is -1.14. The predicted octanol–water partition coefficient (Wildman–Crippen LogP) is 3.22. The number of hydrogen-bond acceptors (Lipinski definition) is 2. The zero-order valence-electron chi connectivity index (χ0n) is 10.6. The third kappa shape index (κ3) is 3.25. The minimum Gasteiger partial charge on any atom is -0.336 e. The molecule has 0 atom stereocenters. The van der Waals surface area contributed by atoms with Gasteiger partial charge in [-0.05, 0) is 34.1 Å². The van der Waals surface area contributed by atoms with Crippen molar-refractivity contribution in [3.63, 3.8) is 0 Å². The maximum atomic E-state index is 12.3. The van der Waals surface area contributed by atoms with E-state index in [2.05, 4.69) is 37.0 Å². The maximum absolute atomic E-state index is 12.3. The number of halogens is 2. The van der Waals surface area contributed by atoms with Gasteiger partial charge in [-0.15, -0.1) is 0 Å². The molecule has 0 aliphatic carbocycles. The molecule has 19 heavy (non-hydrogen) atoms. The van der Waals surface area contributed by atoms with E-state index < -0.39 is 0 Å². The summed E-state index contributed by atoms with van der Waals surface area (Å²) in [6, 6.07) is 7.37. The fourth-order valence-electron chi connectivity index (χ4n) is 1.75. The van der Waals surface area contributed by atoms with Gasteiger partial charge < -0.3 is 4.90 Å². The zero-order chi connectivity index (χ0) is 14.0. The molecule has 0 fully saturated rings. The molecule has 2 rings (SSSR count). The molecule has 1 heterocycles.